The fourth-order valence-corrected chi connectivity index (χ4v) is 3.82. The van der Waals surface area contributed by atoms with Crippen molar-refractivity contribution in [1.29, 1.82) is 0 Å². The molecule has 0 atom stereocenters. The van der Waals surface area contributed by atoms with E-state index in [1.54, 1.807) is 28.4 Å². The minimum atomic E-state index is -0.0542. The summed E-state index contributed by atoms with van der Waals surface area (Å²) in [5.74, 6) is 1.49. The molecule has 0 saturated carbocycles. The van der Waals surface area contributed by atoms with Crippen molar-refractivity contribution >= 4 is 23.2 Å². The van der Waals surface area contributed by atoms with Crippen LogP contribution in [0.15, 0.2) is 41.8 Å². The highest BCUT2D eigenvalue weighted by Gasteiger charge is 2.22. The zero-order valence-corrected chi connectivity index (χ0v) is 17.0. The lowest BCUT2D eigenvalue weighted by molar-refractivity contribution is -0.134. The molecule has 1 saturated heterocycles. The van der Waals surface area contributed by atoms with Crippen LogP contribution in [0.3, 0.4) is 0 Å². The molecular weight excluding hydrogens is 376 g/mol. The Labute approximate surface area is 169 Å². The fourth-order valence-electron chi connectivity index (χ4n) is 3.13. The number of nitrogens with zero attached hydrogens (tertiary/aromatic N) is 2. The van der Waals surface area contributed by atoms with Crippen LogP contribution in [0.25, 0.3) is 0 Å². The molecule has 1 aliphatic rings. The molecule has 0 spiro atoms. The third-order valence-corrected chi connectivity index (χ3v) is 5.48. The smallest absolute Gasteiger partial charge is 0.260 e. The van der Waals surface area contributed by atoms with Crippen molar-refractivity contribution in [1.82, 2.24) is 9.80 Å². The van der Waals surface area contributed by atoms with Gasteiger partial charge in [0.1, 0.15) is 11.5 Å². The second-order valence-electron chi connectivity index (χ2n) is 6.56. The van der Waals surface area contributed by atoms with E-state index >= 15 is 0 Å². The Bertz CT molecular complexity index is 761. The number of amides is 2. The monoisotopic (exact) mass is 402 g/mol. The second kappa shape index (κ2) is 10.1. The van der Waals surface area contributed by atoms with Gasteiger partial charge in [-0.25, -0.2) is 0 Å². The molecule has 1 aromatic carbocycles. The number of thiophene rings is 1. The summed E-state index contributed by atoms with van der Waals surface area (Å²) in [5.41, 5.74) is 0. The van der Waals surface area contributed by atoms with E-state index in [1.165, 1.54) is 0 Å². The van der Waals surface area contributed by atoms with Crippen LogP contribution in [0.5, 0.6) is 11.5 Å². The number of ether oxygens (including phenoxy) is 2. The molecule has 3 rings (SSSR count). The molecule has 1 aliphatic heterocycles. The van der Waals surface area contributed by atoms with Crippen molar-refractivity contribution in [2.24, 2.45) is 0 Å². The first kappa shape index (κ1) is 20.2. The number of rotatable bonds is 7. The number of carbonyl (C=O) groups is 2. The van der Waals surface area contributed by atoms with Gasteiger partial charge in [-0.05, 0) is 49.1 Å². The molecule has 0 unspecified atom stereocenters. The van der Waals surface area contributed by atoms with Gasteiger partial charge in [0.2, 0.25) is 5.91 Å². The predicted octanol–water partition coefficient (Wildman–Crippen LogP) is 2.83. The van der Waals surface area contributed by atoms with Crippen LogP contribution in [0.4, 0.5) is 0 Å². The van der Waals surface area contributed by atoms with Crippen molar-refractivity contribution in [3.05, 3.63) is 46.7 Å². The second-order valence-corrected chi connectivity index (χ2v) is 7.60. The molecule has 1 aromatic heterocycles. The van der Waals surface area contributed by atoms with E-state index < -0.39 is 0 Å². The first-order chi connectivity index (χ1) is 13.7. The Morgan fingerprint density at radius 3 is 2.18 bits per heavy atom. The first-order valence-corrected chi connectivity index (χ1v) is 10.5. The highest BCUT2D eigenvalue weighted by Crippen LogP contribution is 2.18. The van der Waals surface area contributed by atoms with E-state index in [4.69, 9.17) is 9.47 Å². The molecular formula is C21H26N2O4S. The topological polar surface area (TPSA) is 59.1 Å². The van der Waals surface area contributed by atoms with Crippen molar-refractivity contribution in [2.45, 2.75) is 19.8 Å². The van der Waals surface area contributed by atoms with Gasteiger partial charge < -0.3 is 19.3 Å². The van der Waals surface area contributed by atoms with Crippen LogP contribution in [0.1, 0.15) is 18.2 Å². The largest absolute Gasteiger partial charge is 0.494 e. The number of carbonyl (C=O) groups excluding carboxylic acids is 2. The van der Waals surface area contributed by atoms with Gasteiger partial charge >= 0.3 is 0 Å². The van der Waals surface area contributed by atoms with E-state index in [-0.39, 0.29) is 18.4 Å². The zero-order chi connectivity index (χ0) is 19.8. The van der Waals surface area contributed by atoms with Gasteiger partial charge in [0.25, 0.3) is 5.91 Å². The summed E-state index contributed by atoms with van der Waals surface area (Å²) >= 11 is 1.60. The molecule has 2 amide bonds. The standard InChI is InChI=1S/C21H26N2O4S/c1-2-26-17-6-8-18(9-7-17)27-16-21(25)23-11-4-10-22(12-13-23)20(24)15-19-5-3-14-28-19/h3,5-9,14H,2,4,10-13,15-16H2,1H3. The fraction of sp³-hybridized carbons (Fsp3) is 0.429. The molecule has 0 aliphatic carbocycles. The SMILES string of the molecule is CCOc1ccc(OCC(=O)N2CCCN(C(=O)Cc3cccs3)CC2)cc1. The predicted molar refractivity (Wildman–Crippen MR) is 109 cm³/mol. The lowest BCUT2D eigenvalue weighted by Gasteiger charge is -2.22. The van der Waals surface area contributed by atoms with Crippen molar-refractivity contribution in [2.75, 3.05) is 39.4 Å². The molecule has 2 heterocycles. The van der Waals surface area contributed by atoms with E-state index in [0.29, 0.717) is 45.0 Å². The number of hydrogen-bond donors (Lipinski definition) is 0. The summed E-state index contributed by atoms with van der Waals surface area (Å²) in [6.45, 7) is 4.99. The third-order valence-electron chi connectivity index (χ3n) is 4.60. The molecule has 2 aromatic rings. The zero-order valence-electron chi connectivity index (χ0n) is 16.1. The molecule has 150 valence electrons. The maximum absolute atomic E-state index is 12.5. The van der Waals surface area contributed by atoms with Crippen molar-refractivity contribution in [3.8, 4) is 11.5 Å². The van der Waals surface area contributed by atoms with Crippen LogP contribution >= 0.6 is 11.3 Å². The molecule has 1 fully saturated rings. The lowest BCUT2D eigenvalue weighted by atomic mass is 10.3. The summed E-state index contributed by atoms with van der Waals surface area (Å²) in [6.07, 6.45) is 1.22. The van der Waals surface area contributed by atoms with Gasteiger partial charge in [0.05, 0.1) is 13.0 Å². The number of hydrogen-bond acceptors (Lipinski definition) is 5. The molecule has 0 radical (unpaired) electrons. The Morgan fingerprint density at radius 2 is 1.57 bits per heavy atom. The summed E-state index contributed by atoms with van der Waals surface area (Å²) < 4.78 is 11.0. The molecule has 0 N–H and O–H groups in total. The normalized spacial score (nSPS) is 14.5. The Kier molecular flexibility index (Phi) is 7.31. The molecule has 28 heavy (non-hydrogen) atoms. The van der Waals surface area contributed by atoms with Gasteiger partial charge in [-0.15, -0.1) is 11.3 Å². The Hall–Kier alpha value is -2.54. The third kappa shape index (κ3) is 5.73. The van der Waals surface area contributed by atoms with Gasteiger partial charge in [0, 0.05) is 31.1 Å². The van der Waals surface area contributed by atoms with Gasteiger partial charge in [-0.3, -0.25) is 9.59 Å². The van der Waals surface area contributed by atoms with Crippen LogP contribution in [-0.2, 0) is 16.0 Å². The Balaban J connectivity index is 1.45. The lowest BCUT2D eigenvalue weighted by Crippen LogP contribution is -2.39. The van der Waals surface area contributed by atoms with Crippen molar-refractivity contribution in [3.63, 3.8) is 0 Å². The van der Waals surface area contributed by atoms with Crippen molar-refractivity contribution < 1.29 is 19.1 Å². The average Bonchev–Trinajstić information content (AvgIpc) is 3.08. The van der Waals surface area contributed by atoms with Gasteiger partial charge in [-0.2, -0.15) is 0 Å². The highest BCUT2D eigenvalue weighted by molar-refractivity contribution is 7.10. The summed E-state index contributed by atoms with van der Waals surface area (Å²) in [4.78, 5) is 29.7. The summed E-state index contributed by atoms with van der Waals surface area (Å²) in [6, 6.07) is 11.2. The van der Waals surface area contributed by atoms with E-state index in [9.17, 15) is 9.59 Å². The summed E-state index contributed by atoms with van der Waals surface area (Å²) in [5, 5.41) is 1.98. The van der Waals surface area contributed by atoms with Crippen LogP contribution in [0.2, 0.25) is 0 Å². The minimum absolute atomic E-state index is 0.00285. The summed E-state index contributed by atoms with van der Waals surface area (Å²) in [7, 11) is 0. The van der Waals surface area contributed by atoms with Gasteiger partial charge in [-0.1, -0.05) is 6.07 Å². The van der Waals surface area contributed by atoms with E-state index in [1.807, 2.05) is 41.5 Å². The molecule has 6 nitrogen and oxygen atoms in total. The van der Waals surface area contributed by atoms with Crippen LogP contribution < -0.4 is 9.47 Å². The quantitative estimate of drug-likeness (QED) is 0.715. The van der Waals surface area contributed by atoms with E-state index in [0.717, 1.165) is 17.0 Å². The number of benzene rings is 1. The maximum atomic E-state index is 12.5. The minimum Gasteiger partial charge on any atom is -0.494 e. The van der Waals surface area contributed by atoms with Crippen LogP contribution in [-0.4, -0.2) is 61.0 Å². The first-order valence-electron chi connectivity index (χ1n) is 9.59. The molecule has 0 bridgehead atoms. The maximum Gasteiger partial charge on any atom is 0.260 e. The Morgan fingerprint density at radius 1 is 0.929 bits per heavy atom. The van der Waals surface area contributed by atoms with Crippen LogP contribution in [0, 0.1) is 0 Å². The highest BCUT2D eigenvalue weighted by atomic mass is 32.1. The van der Waals surface area contributed by atoms with Gasteiger partial charge in [0.15, 0.2) is 6.61 Å². The molecule has 7 heteroatoms. The average molecular weight is 403 g/mol. The van der Waals surface area contributed by atoms with E-state index in [2.05, 4.69) is 0 Å².